The number of carbonyl (C=O) groups is 1. The topological polar surface area (TPSA) is 66.5 Å². The van der Waals surface area contributed by atoms with Gasteiger partial charge in [0, 0.05) is 11.8 Å². The summed E-state index contributed by atoms with van der Waals surface area (Å²) in [7, 11) is 1.56. The number of aromatic amines is 1. The Morgan fingerprint density at radius 1 is 1.39 bits per heavy atom. The average Bonchev–Trinajstić information content (AvgIpc) is 2.92. The fourth-order valence-corrected chi connectivity index (χ4v) is 1.41. The number of hydrogen-bond acceptors (Lipinski definition) is 3. The molecule has 0 aliphatic rings. The molecule has 0 unspecified atom stereocenters. The Morgan fingerprint density at radius 3 is 3.00 bits per heavy atom. The van der Waals surface area contributed by atoms with Gasteiger partial charge in [-0.15, -0.1) is 0 Å². The third kappa shape index (κ3) is 2.98. The Bertz CT molecular complexity index is 547. The number of aromatic nitrogens is 1. The van der Waals surface area contributed by atoms with Crippen LogP contribution in [-0.2, 0) is 0 Å². The summed E-state index contributed by atoms with van der Waals surface area (Å²) in [5.74, 6) is 0.354. The lowest BCUT2D eigenvalue weighted by Crippen LogP contribution is -2.17. The second-order valence-electron chi connectivity index (χ2n) is 3.56. The maximum Gasteiger partial charge on any atom is 0.271 e. The van der Waals surface area contributed by atoms with E-state index in [-0.39, 0.29) is 5.91 Å². The highest BCUT2D eigenvalue weighted by atomic mass is 16.5. The minimum atomic E-state index is -0.281. The van der Waals surface area contributed by atoms with Crippen molar-refractivity contribution >= 4 is 12.1 Å². The molecule has 1 heterocycles. The third-order valence-electron chi connectivity index (χ3n) is 2.32. The van der Waals surface area contributed by atoms with Crippen LogP contribution in [0.15, 0.2) is 47.7 Å². The summed E-state index contributed by atoms with van der Waals surface area (Å²) in [6, 6.07) is 10.6. The van der Waals surface area contributed by atoms with Crippen molar-refractivity contribution in [3.63, 3.8) is 0 Å². The minimum Gasteiger partial charge on any atom is -0.497 e. The summed E-state index contributed by atoms with van der Waals surface area (Å²) >= 11 is 0. The van der Waals surface area contributed by atoms with Crippen LogP contribution < -0.4 is 10.2 Å². The number of amides is 1. The SMILES string of the molecule is COc1cccc(C(=O)N/N=C\c2ccc[nH]2)c1. The molecule has 0 spiro atoms. The number of nitrogens with zero attached hydrogens (tertiary/aromatic N) is 1. The Morgan fingerprint density at radius 2 is 2.28 bits per heavy atom. The second kappa shape index (κ2) is 5.67. The van der Waals surface area contributed by atoms with E-state index in [9.17, 15) is 4.79 Å². The van der Waals surface area contributed by atoms with Crippen LogP contribution in [0, 0.1) is 0 Å². The van der Waals surface area contributed by atoms with Gasteiger partial charge in [0.05, 0.1) is 19.0 Å². The first-order chi connectivity index (χ1) is 8.79. The van der Waals surface area contributed by atoms with E-state index in [0.717, 1.165) is 5.69 Å². The van der Waals surface area contributed by atoms with E-state index in [4.69, 9.17) is 4.74 Å². The molecule has 0 aliphatic heterocycles. The van der Waals surface area contributed by atoms with Gasteiger partial charge in [0.15, 0.2) is 0 Å². The predicted molar refractivity (Wildman–Crippen MR) is 68.8 cm³/mol. The van der Waals surface area contributed by atoms with Crippen LogP contribution in [0.3, 0.4) is 0 Å². The molecule has 2 rings (SSSR count). The number of methoxy groups -OCH3 is 1. The number of nitrogens with one attached hydrogen (secondary N) is 2. The first-order valence-electron chi connectivity index (χ1n) is 5.40. The molecule has 2 N–H and O–H groups in total. The molecule has 2 aromatic rings. The van der Waals surface area contributed by atoms with Crippen LogP contribution >= 0.6 is 0 Å². The maximum absolute atomic E-state index is 11.8. The van der Waals surface area contributed by atoms with Gasteiger partial charge < -0.3 is 9.72 Å². The molecule has 0 bridgehead atoms. The molecule has 1 amide bonds. The highest BCUT2D eigenvalue weighted by Gasteiger charge is 2.04. The summed E-state index contributed by atoms with van der Waals surface area (Å²) in [5, 5.41) is 3.85. The molecule has 1 aromatic heterocycles. The van der Waals surface area contributed by atoms with E-state index in [2.05, 4.69) is 15.5 Å². The van der Waals surface area contributed by atoms with Crippen LogP contribution in [-0.4, -0.2) is 24.2 Å². The standard InChI is InChI=1S/C13H13N3O2/c1-18-12-6-2-4-10(8-12)13(17)16-15-9-11-5-3-7-14-11/h2-9,14H,1H3,(H,16,17)/b15-9-. The van der Waals surface area contributed by atoms with E-state index in [1.54, 1.807) is 37.6 Å². The van der Waals surface area contributed by atoms with E-state index < -0.39 is 0 Å². The van der Waals surface area contributed by atoms with Gasteiger partial charge in [-0.1, -0.05) is 6.07 Å². The van der Waals surface area contributed by atoms with Crippen molar-refractivity contribution in [2.45, 2.75) is 0 Å². The lowest BCUT2D eigenvalue weighted by molar-refractivity contribution is 0.0955. The summed E-state index contributed by atoms with van der Waals surface area (Å²) in [4.78, 5) is 14.7. The third-order valence-corrected chi connectivity index (χ3v) is 2.32. The fourth-order valence-electron chi connectivity index (χ4n) is 1.41. The Hall–Kier alpha value is -2.56. The first-order valence-corrected chi connectivity index (χ1v) is 5.40. The molecule has 0 fully saturated rings. The number of ether oxygens (including phenoxy) is 1. The predicted octanol–water partition coefficient (Wildman–Crippen LogP) is 1.79. The Kier molecular flexibility index (Phi) is 3.76. The first kappa shape index (κ1) is 11.9. The van der Waals surface area contributed by atoms with Crippen molar-refractivity contribution in [1.82, 2.24) is 10.4 Å². The fraction of sp³-hybridized carbons (Fsp3) is 0.0769. The molecule has 0 saturated carbocycles. The van der Waals surface area contributed by atoms with E-state index >= 15 is 0 Å². The summed E-state index contributed by atoms with van der Waals surface area (Å²) < 4.78 is 5.04. The number of hydrogen-bond donors (Lipinski definition) is 2. The van der Waals surface area contributed by atoms with E-state index in [1.807, 2.05) is 12.1 Å². The molecule has 1 aromatic carbocycles. The zero-order valence-electron chi connectivity index (χ0n) is 9.88. The Labute approximate surface area is 104 Å². The van der Waals surface area contributed by atoms with Crippen molar-refractivity contribution in [2.24, 2.45) is 5.10 Å². The quantitative estimate of drug-likeness (QED) is 0.635. The van der Waals surface area contributed by atoms with Gasteiger partial charge in [-0.05, 0) is 30.3 Å². The summed E-state index contributed by atoms with van der Waals surface area (Å²) in [6.07, 6.45) is 3.32. The van der Waals surface area contributed by atoms with Gasteiger partial charge in [-0.2, -0.15) is 5.10 Å². The van der Waals surface area contributed by atoms with Gasteiger partial charge >= 0.3 is 0 Å². The smallest absolute Gasteiger partial charge is 0.271 e. The van der Waals surface area contributed by atoms with Crippen LogP contribution in [0.25, 0.3) is 0 Å². The molecule has 0 atom stereocenters. The summed E-state index contributed by atoms with van der Waals surface area (Å²) in [5.41, 5.74) is 3.76. The van der Waals surface area contributed by atoms with Crippen LogP contribution in [0.4, 0.5) is 0 Å². The number of carbonyl (C=O) groups excluding carboxylic acids is 1. The molecular weight excluding hydrogens is 230 g/mol. The minimum absolute atomic E-state index is 0.281. The van der Waals surface area contributed by atoms with Crippen molar-refractivity contribution in [3.8, 4) is 5.75 Å². The highest BCUT2D eigenvalue weighted by molar-refractivity contribution is 5.95. The molecular formula is C13H13N3O2. The number of hydrazone groups is 1. The zero-order valence-corrected chi connectivity index (χ0v) is 9.88. The summed E-state index contributed by atoms with van der Waals surface area (Å²) in [6.45, 7) is 0. The molecule has 0 aliphatic carbocycles. The largest absolute Gasteiger partial charge is 0.497 e. The van der Waals surface area contributed by atoms with Crippen LogP contribution in [0.1, 0.15) is 16.1 Å². The second-order valence-corrected chi connectivity index (χ2v) is 3.56. The molecule has 92 valence electrons. The average molecular weight is 243 g/mol. The van der Waals surface area contributed by atoms with E-state index in [1.165, 1.54) is 6.21 Å². The van der Waals surface area contributed by atoms with E-state index in [0.29, 0.717) is 11.3 Å². The lowest BCUT2D eigenvalue weighted by Gasteiger charge is -2.02. The van der Waals surface area contributed by atoms with Crippen LogP contribution in [0.2, 0.25) is 0 Å². The van der Waals surface area contributed by atoms with Crippen molar-refractivity contribution < 1.29 is 9.53 Å². The normalized spacial score (nSPS) is 10.5. The molecule has 0 radical (unpaired) electrons. The molecule has 5 heteroatoms. The zero-order chi connectivity index (χ0) is 12.8. The number of benzene rings is 1. The maximum atomic E-state index is 11.8. The molecule has 18 heavy (non-hydrogen) atoms. The van der Waals surface area contributed by atoms with Gasteiger partial charge in [0.2, 0.25) is 0 Å². The van der Waals surface area contributed by atoms with Crippen molar-refractivity contribution in [1.29, 1.82) is 0 Å². The van der Waals surface area contributed by atoms with Crippen molar-refractivity contribution in [2.75, 3.05) is 7.11 Å². The van der Waals surface area contributed by atoms with Crippen molar-refractivity contribution in [3.05, 3.63) is 53.9 Å². The molecule has 0 saturated heterocycles. The number of rotatable bonds is 4. The lowest BCUT2D eigenvalue weighted by atomic mass is 10.2. The number of H-pyrrole nitrogens is 1. The Balaban J connectivity index is 1.99. The monoisotopic (exact) mass is 243 g/mol. The van der Waals surface area contributed by atoms with Gasteiger partial charge in [-0.25, -0.2) is 5.43 Å². The molecule has 5 nitrogen and oxygen atoms in total. The van der Waals surface area contributed by atoms with Gasteiger partial charge in [0.25, 0.3) is 5.91 Å². The van der Waals surface area contributed by atoms with Crippen LogP contribution in [0.5, 0.6) is 5.75 Å². The van der Waals surface area contributed by atoms with Gasteiger partial charge in [0.1, 0.15) is 5.75 Å². The van der Waals surface area contributed by atoms with Gasteiger partial charge in [-0.3, -0.25) is 4.79 Å². The highest BCUT2D eigenvalue weighted by Crippen LogP contribution is 2.12.